The maximum absolute atomic E-state index is 11.9. The minimum atomic E-state index is -3.45. The monoisotopic (exact) mass is 255 g/mol. The summed E-state index contributed by atoms with van der Waals surface area (Å²) in [6.45, 7) is 2.60. The number of anilines is 1. The third-order valence-corrected chi connectivity index (χ3v) is 4.80. The number of nitrogens with one attached hydrogen (secondary N) is 1. The van der Waals surface area contributed by atoms with E-state index in [0.29, 0.717) is 12.4 Å². The Hall–Kier alpha value is -1.14. The fourth-order valence-electron chi connectivity index (χ4n) is 1.71. The Morgan fingerprint density at radius 2 is 2.18 bits per heavy atom. The van der Waals surface area contributed by atoms with Crippen molar-refractivity contribution in [3.05, 3.63) is 18.3 Å². The molecule has 17 heavy (non-hydrogen) atoms. The lowest BCUT2D eigenvalue weighted by Crippen LogP contribution is -2.30. The average molecular weight is 255 g/mol. The minimum absolute atomic E-state index is 0.165. The maximum Gasteiger partial charge on any atom is 0.242 e. The van der Waals surface area contributed by atoms with Gasteiger partial charge >= 0.3 is 0 Å². The van der Waals surface area contributed by atoms with Gasteiger partial charge in [-0.15, -0.1) is 0 Å². The molecule has 3 N–H and O–H groups in total. The van der Waals surface area contributed by atoms with Crippen molar-refractivity contribution in [3.63, 3.8) is 0 Å². The largest absolute Gasteiger partial charge is 0.384 e. The van der Waals surface area contributed by atoms with E-state index in [1.54, 1.807) is 0 Å². The molecule has 0 saturated heterocycles. The third kappa shape index (κ3) is 2.76. The summed E-state index contributed by atoms with van der Waals surface area (Å²) in [4.78, 5) is 3.95. The summed E-state index contributed by atoms with van der Waals surface area (Å²) in [5.41, 5.74) is 5.61. The van der Waals surface area contributed by atoms with E-state index in [0.717, 1.165) is 19.3 Å². The highest BCUT2D eigenvalue weighted by Crippen LogP contribution is 2.48. The molecule has 5 nitrogen and oxygen atoms in total. The number of aromatic nitrogens is 1. The molecule has 1 aliphatic carbocycles. The third-order valence-electron chi connectivity index (χ3n) is 3.41. The van der Waals surface area contributed by atoms with Crippen molar-refractivity contribution in [1.29, 1.82) is 0 Å². The summed E-state index contributed by atoms with van der Waals surface area (Å²) >= 11 is 0. The number of nitrogens with zero attached hydrogens (tertiary/aromatic N) is 1. The summed E-state index contributed by atoms with van der Waals surface area (Å²) in [6, 6.07) is 2.96. The fraction of sp³-hybridized carbons (Fsp3) is 0.545. The van der Waals surface area contributed by atoms with Crippen LogP contribution in [0.1, 0.15) is 26.2 Å². The van der Waals surface area contributed by atoms with Crippen molar-refractivity contribution in [2.45, 2.75) is 31.1 Å². The molecule has 0 aromatic carbocycles. The van der Waals surface area contributed by atoms with Crippen LogP contribution in [0, 0.1) is 5.41 Å². The van der Waals surface area contributed by atoms with E-state index in [-0.39, 0.29) is 10.3 Å². The molecule has 1 fully saturated rings. The highest BCUT2D eigenvalue weighted by Gasteiger charge is 2.41. The van der Waals surface area contributed by atoms with Gasteiger partial charge in [0.1, 0.15) is 10.7 Å². The second-order valence-electron chi connectivity index (χ2n) is 4.60. The molecule has 0 aliphatic heterocycles. The predicted molar refractivity (Wildman–Crippen MR) is 65.8 cm³/mol. The molecule has 0 bridgehead atoms. The van der Waals surface area contributed by atoms with E-state index in [2.05, 4.69) is 16.6 Å². The molecule has 0 atom stereocenters. The first-order chi connectivity index (χ1) is 7.97. The van der Waals surface area contributed by atoms with Crippen LogP contribution in [-0.4, -0.2) is 19.9 Å². The van der Waals surface area contributed by atoms with Crippen LogP contribution >= 0.6 is 0 Å². The molecule has 1 heterocycles. The van der Waals surface area contributed by atoms with Crippen LogP contribution < -0.4 is 10.5 Å². The van der Waals surface area contributed by atoms with Crippen molar-refractivity contribution in [1.82, 2.24) is 9.71 Å². The van der Waals surface area contributed by atoms with Crippen LogP contribution in [0.5, 0.6) is 0 Å². The lowest BCUT2D eigenvalue weighted by atomic mass is 10.1. The van der Waals surface area contributed by atoms with E-state index in [4.69, 9.17) is 5.73 Å². The average Bonchev–Trinajstić information content (AvgIpc) is 3.08. The molecule has 0 unspecified atom stereocenters. The van der Waals surface area contributed by atoms with Crippen molar-refractivity contribution < 1.29 is 8.42 Å². The molecule has 1 aliphatic rings. The van der Waals surface area contributed by atoms with Gasteiger partial charge in [0.15, 0.2) is 0 Å². The molecule has 2 rings (SSSR count). The minimum Gasteiger partial charge on any atom is -0.384 e. The number of hydrogen-bond donors (Lipinski definition) is 2. The molecule has 0 spiro atoms. The number of hydrogen-bond acceptors (Lipinski definition) is 4. The van der Waals surface area contributed by atoms with Crippen molar-refractivity contribution in [2.75, 3.05) is 12.3 Å². The normalized spacial score (nSPS) is 17.9. The highest BCUT2D eigenvalue weighted by molar-refractivity contribution is 7.89. The number of rotatable bonds is 5. The van der Waals surface area contributed by atoms with E-state index in [1.807, 2.05) is 0 Å². The Morgan fingerprint density at radius 3 is 2.65 bits per heavy atom. The van der Waals surface area contributed by atoms with Crippen LogP contribution in [0.2, 0.25) is 0 Å². The number of nitrogen functional groups attached to an aromatic ring is 1. The van der Waals surface area contributed by atoms with Gasteiger partial charge in [0.2, 0.25) is 10.0 Å². The van der Waals surface area contributed by atoms with E-state index in [9.17, 15) is 8.42 Å². The predicted octanol–water partition coefficient (Wildman–Crippen LogP) is 1.13. The molecular formula is C11H17N3O2S. The van der Waals surface area contributed by atoms with Gasteiger partial charge in [0.25, 0.3) is 0 Å². The molecule has 1 saturated carbocycles. The van der Waals surface area contributed by atoms with Crippen LogP contribution in [0.3, 0.4) is 0 Å². The van der Waals surface area contributed by atoms with E-state index >= 15 is 0 Å². The second kappa shape index (κ2) is 4.27. The molecule has 1 aromatic heterocycles. The first kappa shape index (κ1) is 12.3. The first-order valence-corrected chi connectivity index (χ1v) is 7.17. The standard InChI is InChI=1S/C11H17N3O2S/c1-2-11(5-6-11)8-14-17(15,16)9-3-4-10(12)13-7-9/h3-4,7,14H,2,5-6,8H2,1H3,(H2,12,13). The number of nitrogens with two attached hydrogens (primary N) is 1. The summed E-state index contributed by atoms with van der Waals surface area (Å²) in [5.74, 6) is 0.316. The summed E-state index contributed by atoms with van der Waals surface area (Å²) in [5, 5.41) is 0. The van der Waals surface area contributed by atoms with Crippen molar-refractivity contribution in [3.8, 4) is 0 Å². The van der Waals surface area contributed by atoms with Gasteiger partial charge in [0.05, 0.1) is 0 Å². The topological polar surface area (TPSA) is 85.1 Å². The van der Waals surface area contributed by atoms with Gasteiger partial charge in [0, 0.05) is 12.7 Å². The number of sulfonamides is 1. The Balaban J connectivity index is 2.06. The van der Waals surface area contributed by atoms with Crippen LogP contribution in [0.15, 0.2) is 23.2 Å². The SMILES string of the molecule is CCC1(CNS(=O)(=O)c2ccc(N)nc2)CC1. The molecule has 0 amide bonds. The van der Waals surface area contributed by atoms with Gasteiger partial charge < -0.3 is 5.73 Å². The van der Waals surface area contributed by atoms with Crippen LogP contribution in [0.25, 0.3) is 0 Å². The van der Waals surface area contributed by atoms with Gasteiger partial charge in [-0.1, -0.05) is 6.92 Å². The number of pyridine rings is 1. The van der Waals surface area contributed by atoms with E-state index < -0.39 is 10.0 Å². The van der Waals surface area contributed by atoms with Gasteiger partial charge in [-0.05, 0) is 36.8 Å². The van der Waals surface area contributed by atoms with E-state index in [1.165, 1.54) is 18.3 Å². The summed E-state index contributed by atoms with van der Waals surface area (Å²) in [6.07, 6.45) is 4.50. The maximum atomic E-state index is 11.9. The van der Waals surface area contributed by atoms with Crippen molar-refractivity contribution >= 4 is 15.8 Å². The molecule has 94 valence electrons. The zero-order valence-corrected chi connectivity index (χ0v) is 10.6. The van der Waals surface area contributed by atoms with Crippen LogP contribution in [-0.2, 0) is 10.0 Å². The van der Waals surface area contributed by atoms with Crippen molar-refractivity contribution in [2.24, 2.45) is 5.41 Å². The molecule has 0 radical (unpaired) electrons. The van der Waals surface area contributed by atoms with Gasteiger partial charge in [-0.2, -0.15) is 0 Å². The smallest absolute Gasteiger partial charge is 0.242 e. The lowest BCUT2D eigenvalue weighted by Gasteiger charge is -2.13. The molecule has 6 heteroatoms. The zero-order chi connectivity index (χ0) is 12.5. The molecular weight excluding hydrogens is 238 g/mol. The van der Waals surface area contributed by atoms with Crippen LogP contribution in [0.4, 0.5) is 5.82 Å². The summed E-state index contributed by atoms with van der Waals surface area (Å²) < 4.78 is 26.5. The Kier molecular flexibility index (Phi) is 3.09. The first-order valence-electron chi connectivity index (χ1n) is 5.69. The fourth-order valence-corrected chi connectivity index (χ4v) is 2.82. The lowest BCUT2D eigenvalue weighted by molar-refractivity contribution is 0.475. The Bertz CT molecular complexity index is 492. The Morgan fingerprint density at radius 1 is 1.47 bits per heavy atom. The zero-order valence-electron chi connectivity index (χ0n) is 9.81. The second-order valence-corrected chi connectivity index (χ2v) is 6.36. The summed E-state index contributed by atoms with van der Waals surface area (Å²) in [7, 11) is -3.45. The molecule has 1 aromatic rings. The Labute approximate surface area is 101 Å². The van der Waals surface area contributed by atoms with Gasteiger partial charge in [-0.25, -0.2) is 18.1 Å². The van der Waals surface area contributed by atoms with Gasteiger partial charge in [-0.3, -0.25) is 0 Å². The quantitative estimate of drug-likeness (QED) is 0.826. The highest BCUT2D eigenvalue weighted by atomic mass is 32.2.